The monoisotopic (exact) mass is 291 g/mol. The first kappa shape index (κ1) is 13.3. The van der Waals surface area contributed by atoms with E-state index in [1.165, 1.54) is 31.7 Å². The molecule has 0 spiro atoms. The van der Waals surface area contributed by atoms with Gasteiger partial charge in [0, 0.05) is 10.8 Å². The number of nitrogen functional groups attached to an aromatic ring is 1. The van der Waals surface area contributed by atoms with E-state index in [2.05, 4.69) is 10.1 Å². The first-order valence-electron chi connectivity index (χ1n) is 6.75. The first-order chi connectivity index (χ1) is 9.72. The van der Waals surface area contributed by atoms with Gasteiger partial charge in [0.1, 0.15) is 5.75 Å². The molecular weight excluding hydrogens is 274 g/mol. The van der Waals surface area contributed by atoms with Crippen molar-refractivity contribution in [3.05, 3.63) is 24.0 Å². The predicted molar refractivity (Wildman–Crippen MR) is 79.4 cm³/mol. The zero-order chi connectivity index (χ0) is 13.9. The molecule has 0 bridgehead atoms. The molecule has 1 heterocycles. The van der Waals surface area contributed by atoms with Gasteiger partial charge in [0.25, 0.3) is 5.89 Å². The topological polar surface area (TPSA) is 85.2 Å². The Morgan fingerprint density at radius 3 is 2.90 bits per heavy atom. The van der Waals surface area contributed by atoms with Crippen LogP contribution in [0.15, 0.2) is 22.7 Å². The van der Waals surface area contributed by atoms with E-state index in [0.717, 1.165) is 16.6 Å². The molecule has 1 aromatic carbocycles. The Bertz CT molecular complexity index is 594. The van der Waals surface area contributed by atoms with Crippen molar-refractivity contribution < 1.29 is 9.63 Å². The Hall–Kier alpha value is -1.69. The van der Waals surface area contributed by atoms with Crippen LogP contribution in [0, 0.1) is 0 Å². The van der Waals surface area contributed by atoms with Crippen molar-refractivity contribution in [1.82, 2.24) is 10.1 Å². The number of aromatic nitrogens is 2. The minimum absolute atomic E-state index is 0.0604. The molecule has 6 heteroatoms. The van der Waals surface area contributed by atoms with E-state index in [4.69, 9.17) is 10.3 Å². The van der Waals surface area contributed by atoms with Gasteiger partial charge in [0.15, 0.2) is 5.82 Å². The van der Waals surface area contributed by atoms with Crippen molar-refractivity contribution in [1.29, 1.82) is 0 Å². The Labute approximate surface area is 121 Å². The maximum Gasteiger partial charge on any atom is 0.258 e. The molecule has 20 heavy (non-hydrogen) atoms. The molecule has 5 nitrogen and oxygen atoms in total. The van der Waals surface area contributed by atoms with Crippen LogP contribution in [-0.2, 0) is 5.75 Å². The van der Waals surface area contributed by atoms with E-state index in [9.17, 15) is 5.11 Å². The highest BCUT2D eigenvalue weighted by molar-refractivity contribution is 7.99. The van der Waals surface area contributed by atoms with Crippen molar-refractivity contribution in [3.8, 4) is 17.2 Å². The van der Waals surface area contributed by atoms with Crippen molar-refractivity contribution in [2.75, 3.05) is 5.73 Å². The lowest BCUT2D eigenvalue weighted by Gasteiger charge is -2.04. The highest BCUT2D eigenvalue weighted by Crippen LogP contribution is 2.32. The average molecular weight is 291 g/mol. The van der Waals surface area contributed by atoms with Gasteiger partial charge in [-0.25, -0.2) is 0 Å². The molecule has 1 aromatic heterocycles. The van der Waals surface area contributed by atoms with Crippen LogP contribution in [0.1, 0.15) is 31.5 Å². The number of phenols is 1. The van der Waals surface area contributed by atoms with Crippen LogP contribution >= 0.6 is 11.8 Å². The summed E-state index contributed by atoms with van der Waals surface area (Å²) in [5.41, 5.74) is 6.70. The van der Waals surface area contributed by atoms with Gasteiger partial charge in [-0.05, 0) is 31.0 Å². The maximum atomic E-state index is 9.41. The summed E-state index contributed by atoms with van der Waals surface area (Å²) in [6, 6.07) is 4.88. The fraction of sp³-hybridized carbons (Fsp3) is 0.429. The van der Waals surface area contributed by atoms with Gasteiger partial charge in [-0.2, -0.15) is 16.7 Å². The van der Waals surface area contributed by atoms with E-state index >= 15 is 0 Å². The predicted octanol–water partition coefficient (Wildman–Crippen LogP) is 3.20. The van der Waals surface area contributed by atoms with Crippen LogP contribution in [0.4, 0.5) is 5.69 Å². The molecule has 3 rings (SSSR count). The molecule has 2 aromatic rings. The molecule has 0 unspecified atom stereocenters. The molecule has 0 saturated heterocycles. The number of anilines is 1. The summed E-state index contributed by atoms with van der Waals surface area (Å²) in [5, 5.41) is 14.1. The van der Waals surface area contributed by atoms with Crippen molar-refractivity contribution in [2.24, 2.45) is 0 Å². The van der Waals surface area contributed by atoms with Crippen LogP contribution < -0.4 is 5.73 Å². The van der Waals surface area contributed by atoms with E-state index in [0.29, 0.717) is 17.4 Å². The lowest BCUT2D eigenvalue weighted by atomic mass is 10.2. The molecule has 1 fully saturated rings. The number of nitrogens with two attached hydrogens (primary N) is 1. The third kappa shape index (κ3) is 2.90. The second-order valence-electron chi connectivity index (χ2n) is 5.01. The molecule has 1 saturated carbocycles. The van der Waals surface area contributed by atoms with Gasteiger partial charge in [0.05, 0.1) is 11.4 Å². The number of thioether (sulfide) groups is 1. The largest absolute Gasteiger partial charge is 0.506 e. The highest BCUT2D eigenvalue weighted by Gasteiger charge is 2.17. The second kappa shape index (κ2) is 5.75. The van der Waals surface area contributed by atoms with Gasteiger partial charge in [-0.15, -0.1) is 0 Å². The molecular formula is C14H17N3O2S. The van der Waals surface area contributed by atoms with Crippen molar-refractivity contribution in [3.63, 3.8) is 0 Å². The lowest BCUT2D eigenvalue weighted by molar-refractivity contribution is 0.425. The molecule has 0 amide bonds. The van der Waals surface area contributed by atoms with E-state index < -0.39 is 0 Å². The summed E-state index contributed by atoms with van der Waals surface area (Å²) in [6.07, 6.45) is 5.26. The molecule has 106 valence electrons. The summed E-state index contributed by atoms with van der Waals surface area (Å²) in [7, 11) is 0. The number of benzene rings is 1. The molecule has 0 atom stereocenters. The standard InChI is InChI=1S/C14H17N3O2S/c15-11-7-9(5-6-12(11)18)14-16-13(17-19-14)8-20-10-3-1-2-4-10/h5-7,10,18H,1-4,8,15H2. The minimum Gasteiger partial charge on any atom is -0.506 e. The molecule has 0 aliphatic heterocycles. The normalized spacial score (nSPS) is 15.8. The van der Waals surface area contributed by atoms with Gasteiger partial charge in [-0.1, -0.05) is 18.0 Å². The number of rotatable bonds is 4. The zero-order valence-electron chi connectivity index (χ0n) is 11.1. The molecule has 3 N–H and O–H groups in total. The first-order valence-corrected chi connectivity index (χ1v) is 7.80. The molecule has 1 aliphatic rings. The average Bonchev–Trinajstić information content (AvgIpc) is 3.10. The Kier molecular flexibility index (Phi) is 3.82. The SMILES string of the molecule is Nc1cc(-c2nc(CSC3CCCC3)no2)ccc1O. The van der Waals surface area contributed by atoms with Gasteiger partial charge < -0.3 is 15.4 Å². The van der Waals surface area contributed by atoms with E-state index in [1.54, 1.807) is 12.1 Å². The third-order valence-electron chi connectivity index (χ3n) is 3.49. The minimum atomic E-state index is 0.0604. The van der Waals surface area contributed by atoms with Crippen LogP contribution in [0.2, 0.25) is 0 Å². The fourth-order valence-electron chi connectivity index (χ4n) is 2.36. The van der Waals surface area contributed by atoms with Gasteiger partial charge in [0.2, 0.25) is 0 Å². The van der Waals surface area contributed by atoms with Crippen LogP contribution in [0.25, 0.3) is 11.5 Å². The fourth-order valence-corrected chi connectivity index (χ4v) is 3.53. The van der Waals surface area contributed by atoms with Crippen LogP contribution in [-0.4, -0.2) is 20.5 Å². The molecule has 1 aliphatic carbocycles. The van der Waals surface area contributed by atoms with Crippen molar-refractivity contribution in [2.45, 2.75) is 36.7 Å². The van der Waals surface area contributed by atoms with Crippen molar-refractivity contribution >= 4 is 17.4 Å². The number of nitrogens with zero attached hydrogens (tertiary/aromatic N) is 2. The van der Waals surface area contributed by atoms with Crippen LogP contribution in [0.3, 0.4) is 0 Å². The highest BCUT2D eigenvalue weighted by atomic mass is 32.2. The number of phenolic OH excluding ortho intramolecular Hbond substituents is 1. The maximum absolute atomic E-state index is 9.41. The summed E-state index contributed by atoms with van der Waals surface area (Å²) >= 11 is 1.90. The lowest BCUT2D eigenvalue weighted by Crippen LogP contribution is -1.95. The number of hydrogen-bond donors (Lipinski definition) is 2. The zero-order valence-corrected chi connectivity index (χ0v) is 11.9. The third-order valence-corrected chi connectivity index (χ3v) is 4.86. The Balaban J connectivity index is 1.67. The Morgan fingerprint density at radius 2 is 2.15 bits per heavy atom. The number of hydrogen-bond acceptors (Lipinski definition) is 6. The smallest absolute Gasteiger partial charge is 0.258 e. The van der Waals surface area contributed by atoms with Gasteiger partial charge in [-0.3, -0.25) is 0 Å². The quantitative estimate of drug-likeness (QED) is 0.664. The van der Waals surface area contributed by atoms with Gasteiger partial charge >= 0.3 is 0 Å². The summed E-state index contributed by atoms with van der Waals surface area (Å²) < 4.78 is 5.25. The number of aromatic hydroxyl groups is 1. The second-order valence-corrected chi connectivity index (χ2v) is 6.30. The Morgan fingerprint density at radius 1 is 1.35 bits per heavy atom. The summed E-state index contributed by atoms with van der Waals surface area (Å²) in [4.78, 5) is 4.38. The van der Waals surface area contributed by atoms with E-state index in [-0.39, 0.29) is 5.75 Å². The van der Waals surface area contributed by atoms with Crippen LogP contribution in [0.5, 0.6) is 5.75 Å². The summed E-state index contributed by atoms with van der Waals surface area (Å²) in [6.45, 7) is 0. The summed E-state index contributed by atoms with van der Waals surface area (Å²) in [5.74, 6) is 1.99. The van der Waals surface area contributed by atoms with E-state index in [1.807, 2.05) is 11.8 Å². The molecule has 0 radical (unpaired) electrons.